The molecule has 0 aliphatic carbocycles. The summed E-state index contributed by atoms with van der Waals surface area (Å²) in [6, 6.07) is 9.73. The molecular formula is C29H31Cl2N5O5S. The minimum atomic E-state index is -3.39. The number of likely N-dealkylation sites (N-methyl/N-ethyl adjacent to an activating group) is 1. The lowest BCUT2D eigenvalue weighted by Crippen LogP contribution is -2.50. The van der Waals surface area contributed by atoms with Crippen molar-refractivity contribution in [1.82, 2.24) is 24.9 Å². The molecular weight excluding hydrogens is 601 g/mol. The largest absolute Gasteiger partial charge is 0.357 e. The summed E-state index contributed by atoms with van der Waals surface area (Å²) in [4.78, 5) is 44.4. The second kappa shape index (κ2) is 11.3. The molecule has 0 spiro atoms. The fourth-order valence-corrected chi connectivity index (χ4v) is 6.69. The molecule has 0 radical (unpaired) electrons. The molecule has 42 heavy (non-hydrogen) atoms. The van der Waals surface area contributed by atoms with Gasteiger partial charge in [0.2, 0.25) is 5.91 Å². The van der Waals surface area contributed by atoms with Crippen LogP contribution < -0.4 is 5.32 Å². The van der Waals surface area contributed by atoms with Gasteiger partial charge in [-0.3, -0.25) is 14.4 Å². The smallest absolute Gasteiger partial charge is 0.273 e. The van der Waals surface area contributed by atoms with Crippen LogP contribution in [0, 0.1) is 0 Å². The molecule has 1 N–H and O–H groups in total. The predicted molar refractivity (Wildman–Crippen MR) is 158 cm³/mol. The van der Waals surface area contributed by atoms with Crippen molar-refractivity contribution in [2.75, 3.05) is 19.8 Å². The fraction of sp³-hybridized carbons (Fsp3) is 0.379. The monoisotopic (exact) mass is 631 g/mol. The first-order chi connectivity index (χ1) is 19.8. The van der Waals surface area contributed by atoms with Crippen LogP contribution >= 0.6 is 23.2 Å². The van der Waals surface area contributed by atoms with E-state index in [0.29, 0.717) is 34.7 Å². The van der Waals surface area contributed by atoms with Gasteiger partial charge < -0.3 is 15.1 Å². The Morgan fingerprint density at radius 3 is 2.40 bits per heavy atom. The summed E-state index contributed by atoms with van der Waals surface area (Å²) in [5, 5.41) is 8.03. The van der Waals surface area contributed by atoms with Crippen LogP contribution in [-0.2, 0) is 27.6 Å². The van der Waals surface area contributed by atoms with Crippen molar-refractivity contribution < 1.29 is 22.8 Å². The highest BCUT2D eigenvalue weighted by Crippen LogP contribution is 2.37. The first kappa shape index (κ1) is 30.1. The third-order valence-corrected chi connectivity index (χ3v) is 9.87. The zero-order valence-electron chi connectivity index (χ0n) is 23.6. The lowest BCUT2D eigenvalue weighted by molar-refractivity contribution is -0.125. The van der Waals surface area contributed by atoms with Gasteiger partial charge in [-0.2, -0.15) is 5.10 Å². The Bertz CT molecular complexity index is 1690. The van der Waals surface area contributed by atoms with Crippen LogP contribution in [0.4, 0.5) is 0 Å². The van der Waals surface area contributed by atoms with E-state index < -0.39 is 21.9 Å². The number of hydrogen-bond donors (Lipinski definition) is 1. The van der Waals surface area contributed by atoms with Gasteiger partial charge in [-0.15, -0.1) is 0 Å². The third-order valence-electron chi connectivity index (χ3n) is 8.00. The molecule has 3 amide bonds. The zero-order chi connectivity index (χ0) is 30.5. The van der Waals surface area contributed by atoms with E-state index in [2.05, 4.69) is 5.32 Å². The molecule has 1 aromatic heterocycles. The molecule has 0 unspecified atom stereocenters. The Kier molecular flexibility index (Phi) is 8.12. The molecule has 2 aromatic carbocycles. The van der Waals surface area contributed by atoms with E-state index in [1.54, 1.807) is 34.1 Å². The standard InChI is InChI=1S/C29H31Cl2N5O5S/c1-5-24(17-6-9-19(10-7-17)42(4,40)41)35-15-25(27(37)32-3)36-26(29(35)39)20-14-34(16(2)12-23(20)33-36)28(38)18-8-11-21(30)22(31)13-18/h6-11,13,16,24-25H,5,12,14-15H2,1-4H3,(H,32,37)/t16-,24+,25+/m1/s1. The summed E-state index contributed by atoms with van der Waals surface area (Å²) in [5.41, 5.74) is 2.67. The van der Waals surface area contributed by atoms with Gasteiger partial charge in [-0.1, -0.05) is 42.3 Å². The molecule has 0 bridgehead atoms. The number of halogens is 2. The predicted octanol–water partition coefficient (Wildman–Crippen LogP) is 4.07. The summed E-state index contributed by atoms with van der Waals surface area (Å²) in [6.07, 6.45) is 2.07. The number of carbonyl (C=O) groups is 3. The zero-order valence-corrected chi connectivity index (χ0v) is 25.9. The molecule has 13 heteroatoms. The molecule has 0 saturated heterocycles. The topological polar surface area (TPSA) is 122 Å². The first-order valence-corrected chi connectivity index (χ1v) is 16.2. The van der Waals surface area contributed by atoms with Crippen molar-refractivity contribution >= 4 is 50.8 Å². The first-order valence-electron chi connectivity index (χ1n) is 13.5. The number of nitrogens with one attached hydrogen (secondary N) is 1. The SMILES string of the molecule is CC[C@@H](c1ccc(S(C)(=O)=O)cc1)N1C[C@@H](C(=O)NC)n2nc3c(c2C1=O)CN(C(=O)c1ccc(Cl)c(Cl)c1)[C@H](C)C3. The van der Waals surface area contributed by atoms with E-state index in [0.717, 1.165) is 11.8 Å². The van der Waals surface area contributed by atoms with Gasteiger partial charge in [-0.25, -0.2) is 13.1 Å². The number of amides is 3. The van der Waals surface area contributed by atoms with E-state index in [1.165, 1.54) is 29.9 Å². The Morgan fingerprint density at radius 2 is 1.81 bits per heavy atom. The van der Waals surface area contributed by atoms with Gasteiger partial charge in [0, 0.05) is 36.9 Å². The Morgan fingerprint density at radius 1 is 1.12 bits per heavy atom. The van der Waals surface area contributed by atoms with Crippen molar-refractivity contribution in [3.05, 3.63) is 80.6 Å². The number of hydrogen-bond acceptors (Lipinski definition) is 6. The lowest BCUT2D eigenvalue weighted by Gasteiger charge is -2.39. The van der Waals surface area contributed by atoms with E-state index in [1.807, 2.05) is 13.8 Å². The van der Waals surface area contributed by atoms with Crippen LogP contribution in [-0.4, -0.2) is 71.6 Å². The third kappa shape index (κ3) is 5.29. The maximum atomic E-state index is 14.2. The van der Waals surface area contributed by atoms with Crippen LogP contribution in [0.1, 0.15) is 70.0 Å². The average Bonchev–Trinajstić information content (AvgIpc) is 3.33. The summed E-state index contributed by atoms with van der Waals surface area (Å²) in [6.45, 7) is 4.05. The molecule has 3 atom stereocenters. The van der Waals surface area contributed by atoms with E-state index in [4.69, 9.17) is 28.3 Å². The normalized spacial score (nSPS) is 19.2. The van der Waals surface area contributed by atoms with Crippen LogP contribution in [0.25, 0.3) is 0 Å². The number of rotatable bonds is 6. The molecule has 5 rings (SSSR count). The summed E-state index contributed by atoms with van der Waals surface area (Å²) < 4.78 is 25.5. The van der Waals surface area contributed by atoms with Gasteiger partial charge >= 0.3 is 0 Å². The van der Waals surface area contributed by atoms with E-state index in [-0.39, 0.29) is 52.5 Å². The fourth-order valence-electron chi connectivity index (χ4n) is 5.77. The molecule has 2 aliphatic rings. The van der Waals surface area contributed by atoms with Gasteiger partial charge in [0.15, 0.2) is 9.84 Å². The molecule has 2 aliphatic heterocycles. The second-order valence-corrected chi connectivity index (χ2v) is 13.5. The van der Waals surface area contributed by atoms with Crippen molar-refractivity contribution in [2.24, 2.45) is 0 Å². The number of fused-ring (bicyclic) bond motifs is 3. The Balaban J connectivity index is 1.55. The van der Waals surface area contributed by atoms with Crippen LogP contribution in [0.5, 0.6) is 0 Å². The minimum absolute atomic E-state index is 0.0832. The highest BCUT2D eigenvalue weighted by Gasteiger charge is 2.44. The summed E-state index contributed by atoms with van der Waals surface area (Å²) >= 11 is 12.2. The molecule has 0 saturated carbocycles. The van der Waals surface area contributed by atoms with E-state index in [9.17, 15) is 22.8 Å². The summed E-state index contributed by atoms with van der Waals surface area (Å²) in [7, 11) is -1.85. The van der Waals surface area contributed by atoms with E-state index >= 15 is 0 Å². The minimum Gasteiger partial charge on any atom is -0.357 e. The molecule has 222 valence electrons. The number of nitrogens with zero attached hydrogens (tertiary/aromatic N) is 4. The highest BCUT2D eigenvalue weighted by molar-refractivity contribution is 7.90. The summed E-state index contributed by atoms with van der Waals surface area (Å²) in [5.74, 6) is -0.862. The number of benzene rings is 2. The number of aromatic nitrogens is 2. The van der Waals surface area contributed by atoms with Crippen molar-refractivity contribution in [3.63, 3.8) is 0 Å². The van der Waals surface area contributed by atoms with Gasteiger partial charge in [0.05, 0.1) is 39.8 Å². The average molecular weight is 633 g/mol. The van der Waals surface area contributed by atoms with Crippen molar-refractivity contribution in [1.29, 1.82) is 0 Å². The maximum Gasteiger partial charge on any atom is 0.273 e. The second-order valence-electron chi connectivity index (χ2n) is 10.7. The van der Waals surface area contributed by atoms with Gasteiger partial charge in [0.25, 0.3) is 11.8 Å². The van der Waals surface area contributed by atoms with Crippen LogP contribution in [0.2, 0.25) is 10.0 Å². The highest BCUT2D eigenvalue weighted by atomic mass is 35.5. The van der Waals surface area contributed by atoms with Crippen LogP contribution in [0.15, 0.2) is 47.4 Å². The van der Waals surface area contributed by atoms with Crippen molar-refractivity contribution in [3.8, 4) is 0 Å². The molecule has 0 fully saturated rings. The van der Waals surface area contributed by atoms with Gasteiger partial charge in [0.1, 0.15) is 11.7 Å². The Hall–Kier alpha value is -3.41. The molecule has 3 heterocycles. The number of carbonyl (C=O) groups excluding carboxylic acids is 3. The van der Waals surface area contributed by atoms with Crippen molar-refractivity contribution in [2.45, 2.75) is 56.3 Å². The molecule has 10 nitrogen and oxygen atoms in total. The maximum absolute atomic E-state index is 14.2. The quantitative estimate of drug-likeness (QED) is 0.438. The number of sulfone groups is 1. The lowest BCUT2D eigenvalue weighted by atomic mass is 9.95. The van der Waals surface area contributed by atoms with Gasteiger partial charge in [-0.05, 0) is 49.2 Å². The molecule has 3 aromatic rings. The van der Waals surface area contributed by atoms with Crippen LogP contribution in [0.3, 0.4) is 0 Å². The Labute approximate surface area is 254 Å².